The van der Waals surface area contributed by atoms with Crippen LogP contribution >= 0.6 is 0 Å². The van der Waals surface area contributed by atoms with Crippen LogP contribution in [0.1, 0.15) is 63.4 Å². The van der Waals surface area contributed by atoms with E-state index >= 15 is 0 Å². The molecular weight excluding hydrogens is 352 g/mol. The Morgan fingerprint density at radius 1 is 1.32 bits per heavy atom. The van der Waals surface area contributed by atoms with E-state index in [1.54, 1.807) is 0 Å². The van der Waals surface area contributed by atoms with Gasteiger partial charge in [-0.15, -0.1) is 0 Å². The van der Waals surface area contributed by atoms with Crippen LogP contribution in [0, 0.1) is 5.92 Å². The Balaban J connectivity index is 1.52. The van der Waals surface area contributed by atoms with Gasteiger partial charge in [0.15, 0.2) is 0 Å². The second-order valence-electron chi connectivity index (χ2n) is 9.00. The third kappa shape index (κ3) is 5.32. The molecule has 2 aromatic rings. The number of piperidine rings is 1. The first kappa shape index (κ1) is 20.8. The minimum absolute atomic E-state index is 0.0379. The lowest BCUT2D eigenvalue weighted by molar-refractivity contribution is 0.0518. The van der Waals surface area contributed by atoms with E-state index in [4.69, 9.17) is 0 Å². The molecule has 0 aliphatic carbocycles. The van der Waals surface area contributed by atoms with Gasteiger partial charge in [-0.3, -0.25) is 9.48 Å². The molecular formula is C22H34N4O2. The highest BCUT2D eigenvalue weighted by molar-refractivity contribution is 6.05. The first-order valence-corrected chi connectivity index (χ1v) is 10.4. The molecule has 6 heteroatoms. The van der Waals surface area contributed by atoms with Crippen LogP contribution in [-0.2, 0) is 0 Å². The van der Waals surface area contributed by atoms with Crippen molar-refractivity contribution < 1.29 is 9.90 Å². The molecule has 6 nitrogen and oxygen atoms in total. The molecule has 3 rings (SSSR count). The van der Waals surface area contributed by atoms with Crippen LogP contribution in [-0.4, -0.2) is 57.5 Å². The van der Waals surface area contributed by atoms with Crippen molar-refractivity contribution in [2.45, 2.75) is 58.6 Å². The van der Waals surface area contributed by atoms with Gasteiger partial charge < -0.3 is 15.3 Å². The summed E-state index contributed by atoms with van der Waals surface area (Å²) in [5.41, 5.74) is 0.823. The number of likely N-dealkylation sites (tertiary alicyclic amines) is 1. The number of carbonyl (C=O) groups is 1. The van der Waals surface area contributed by atoms with Gasteiger partial charge in [0.1, 0.15) is 5.52 Å². The fraction of sp³-hybridized carbons (Fsp3) is 0.636. The van der Waals surface area contributed by atoms with E-state index in [1.165, 1.54) is 0 Å². The molecule has 1 saturated heterocycles. The summed E-state index contributed by atoms with van der Waals surface area (Å²) in [6.07, 6.45) is 4.96. The average Bonchev–Trinajstić information content (AvgIpc) is 3.09. The number of nitrogens with zero attached hydrogens (tertiary/aromatic N) is 3. The van der Waals surface area contributed by atoms with Gasteiger partial charge in [0.25, 0.3) is 5.91 Å². The lowest BCUT2D eigenvalue weighted by atomic mass is 9.95. The molecule has 0 spiro atoms. The fourth-order valence-corrected chi connectivity index (χ4v) is 3.69. The van der Waals surface area contributed by atoms with E-state index in [9.17, 15) is 9.90 Å². The number of hydrogen-bond donors (Lipinski definition) is 2. The van der Waals surface area contributed by atoms with Gasteiger partial charge in [-0.05, 0) is 72.0 Å². The maximum absolute atomic E-state index is 12.8. The predicted octanol–water partition coefficient (Wildman–Crippen LogP) is 3.22. The van der Waals surface area contributed by atoms with Crippen molar-refractivity contribution in [1.82, 2.24) is 20.0 Å². The van der Waals surface area contributed by atoms with Gasteiger partial charge in [-0.1, -0.05) is 12.1 Å². The molecule has 0 unspecified atom stereocenters. The van der Waals surface area contributed by atoms with E-state index in [0.29, 0.717) is 18.0 Å². The number of hydrogen-bond acceptors (Lipinski definition) is 4. The zero-order valence-electron chi connectivity index (χ0n) is 17.6. The van der Waals surface area contributed by atoms with Gasteiger partial charge >= 0.3 is 0 Å². The maximum atomic E-state index is 12.8. The zero-order valence-corrected chi connectivity index (χ0v) is 17.6. The Labute approximate surface area is 167 Å². The van der Waals surface area contributed by atoms with Gasteiger partial charge in [0.05, 0.1) is 11.2 Å². The van der Waals surface area contributed by atoms with Crippen molar-refractivity contribution in [3.8, 4) is 0 Å². The molecule has 1 aliphatic rings. The Kier molecular flexibility index (Phi) is 6.40. The number of carbonyl (C=O) groups excluding carboxylic acids is 1. The minimum Gasteiger partial charge on any atom is -0.390 e. The molecule has 0 radical (unpaired) electrons. The second-order valence-corrected chi connectivity index (χ2v) is 9.00. The highest BCUT2D eigenvalue weighted by atomic mass is 16.3. The Bertz CT molecular complexity index is 798. The van der Waals surface area contributed by atoms with E-state index in [-0.39, 0.29) is 11.9 Å². The summed E-state index contributed by atoms with van der Waals surface area (Å²) in [5.74, 6) is 0.471. The summed E-state index contributed by atoms with van der Waals surface area (Å²) in [6, 6.07) is 6.05. The molecule has 0 saturated carbocycles. The summed E-state index contributed by atoms with van der Waals surface area (Å²) in [4.78, 5) is 15.2. The third-order valence-corrected chi connectivity index (χ3v) is 5.63. The first-order chi connectivity index (χ1) is 13.2. The summed E-state index contributed by atoms with van der Waals surface area (Å²) in [6.45, 7) is 11.6. The standard InChI is InChI=1S/C22H34N4O2/c1-16(2)26-15-18-6-5-7-19(20(18)24-26)21(27)23-14-17-8-11-25(12-9-17)13-10-22(3,4)28/h5-7,15-17,28H,8-14H2,1-4H3,(H,23,27). The van der Waals surface area contributed by atoms with Crippen LogP contribution in [0.5, 0.6) is 0 Å². The number of benzene rings is 1. The molecule has 2 N–H and O–H groups in total. The van der Waals surface area contributed by atoms with E-state index in [1.807, 2.05) is 42.9 Å². The molecule has 1 aromatic carbocycles. The Morgan fingerprint density at radius 3 is 2.68 bits per heavy atom. The van der Waals surface area contributed by atoms with Gasteiger partial charge in [0, 0.05) is 30.7 Å². The lowest BCUT2D eigenvalue weighted by Crippen LogP contribution is -2.40. The van der Waals surface area contributed by atoms with Crippen molar-refractivity contribution in [3.63, 3.8) is 0 Å². The van der Waals surface area contributed by atoms with Crippen molar-refractivity contribution in [3.05, 3.63) is 30.0 Å². The van der Waals surface area contributed by atoms with Crippen LogP contribution in [0.15, 0.2) is 24.4 Å². The molecule has 0 bridgehead atoms. The van der Waals surface area contributed by atoms with Gasteiger partial charge in [0.2, 0.25) is 0 Å². The Morgan fingerprint density at radius 2 is 2.04 bits per heavy atom. The number of amides is 1. The van der Waals surface area contributed by atoms with Gasteiger partial charge in [-0.2, -0.15) is 5.10 Å². The molecule has 1 amide bonds. The minimum atomic E-state index is -0.603. The zero-order chi connectivity index (χ0) is 20.3. The Hall–Kier alpha value is -1.92. The fourth-order valence-electron chi connectivity index (χ4n) is 3.69. The highest BCUT2D eigenvalue weighted by Crippen LogP contribution is 2.21. The molecule has 28 heavy (non-hydrogen) atoms. The topological polar surface area (TPSA) is 70.4 Å². The molecule has 1 aliphatic heterocycles. The molecule has 0 atom stereocenters. The molecule has 2 heterocycles. The third-order valence-electron chi connectivity index (χ3n) is 5.63. The molecule has 1 fully saturated rings. The summed E-state index contributed by atoms with van der Waals surface area (Å²) < 4.78 is 1.91. The summed E-state index contributed by atoms with van der Waals surface area (Å²) in [5, 5.41) is 18.6. The largest absolute Gasteiger partial charge is 0.390 e. The number of fused-ring (bicyclic) bond motifs is 1. The first-order valence-electron chi connectivity index (χ1n) is 10.4. The quantitative estimate of drug-likeness (QED) is 0.766. The predicted molar refractivity (Wildman–Crippen MR) is 113 cm³/mol. The molecule has 154 valence electrons. The SMILES string of the molecule is CC(C)n1cc2cccc(C(=O)NCC3CCN(CCC(C)(C)O)CC3)c2n1. The smallest absolute Gasteiger partial charge is 0.253 e. The van der Waals surface area contributed by atoms with Crippen LogP contribution in [0.3, 0.4) is 0 Å². The maximum Gasteiger partial charge on any atom is 0.253 e. The van der Waals surface area contributed by atoms with Crippen LogP contribution < -0.4 is 5.32 Å². The normalized spacial score (nSPS) is 16.8. The monoisotopic (exact) mass is 386 g/mol. The van der Waals surface area contributed by atoms with E-state index in [2.05, 4.69) is 29.2 Å². The summed E-state index contributed by atoms with van der Waals surface area (Å²) >= 11 is 0. The van der Waals surface area contributed by atoms with Crippen LogP contribution in [0.2, 0.25) is 0 Å². The van der Waals surface area contributed by atoms with Crippen molar-refractivity contribution in [2.24, 2.45) is 5.92 Å². The van der Waals surface area contributed by atoms with Crippen molar-refractivity contribution >= 4 is 16.8 Å². The number of aliphatic hydroxyl groups is 1. The second kappa shape index (κ2) is 8.62. The molecule has 1 aromatic heterocycles. The number of nitrogens with one attached hydrogen (secondary N) is 1. The lowest BCUT2D eigenvalue weighted by Gasteiger charge is -2.33. The van der Waals surface area contributed by atoms with E-state index in [0.717, 1.165) is 49.8 Å². The van der Waals surface area contributed by atoms with Crippen molar-refractivity contribution in [2.75, 3.05) is 26.2 Å². The summed E-state index contributed by atoms with van der Waals surface area (Å²) in [7, 11) is 0. The number of rotatable bonds is 7. The van der Waals surface area contributed by atoms with Crippen LogP contribution in [0.25, 0.3) is 10.9 Å². The van der Waals surface area contributed by atoms with Gasteiger partial charge in [-0.25, -0.2) is 0 Å². The van der Waals surface area contributed by atoms with Crippen LogP contribution in [0.4, 0.5) is 0 Å². The number of aromatic nitrogens is 2. The average molecular weight is 387 g/mol. The van der Waals surface area contributed by atoms with E-state index < -0.39 is 5.60 Å². The highest BCUT2D eigenvalue weighted by Gasteiger charge is 2.22. The van der Waals surface area contributed by atoms with Crippen molar-refractivity contribution in [1.29, 1.82) is 0 Å².